The molecule has 1 N–H and O–H groups in total. The standard InChI is InChI=1S/C12H17N3/c1-3-12-14-10-6-4-5-7-11(10)15(12)9-8-13-2/h4-7,13H,3,8-9H2,1-2H3. The van der Waals surface area contributed by atoms with Crippen molar-refractivity contribution < 1.29 is 0 Å². The minimum absolute atomic E-state index is 0.980. The van der Waals surface area contributed by atoms with Gasteiger partial charge in [0, 0.05) is 19.5 Å². The summed E-state index contributed by atoms with van der Waals surface area (Å²) in [5.74, 6) is 1.17. The lowest BCUT2D eigenvalue weighted by Crippen LogP contribution is -2.16. The zero-order valence-electron chi connectivity index (χ0n) is 9.33. The smallest absolute Gasteiger partial charge is 0.109 e. The number of aryl methyl sites for hydroxylation is 1. The van der Waals surface area contributed by atoms with E-state index in [0.717, 1.165) is 25.0 Å². The molecule has 1 aromatic carbocycles. The number of rotatable bonds is 4. The van der Waals surface area contributed by atoms with Crippen molar-refractivity contribution in [1.29, 1.82) is 0 Å². The first-order chi connectivity index (χ1) is 7.36. The maximum atomic E-state index is 4.62. The summed E-state index contributed by atoms with van der Waals surface area (Å²) in [6, 6.07) is 8.32. The van der Waals surface area contributed by atoms with E-state index < -0.39 is 0 Å². The van der Waals surface area contributed by atoms with E-state index in [1.807, 2.05) is 13.1 Å². The molecule has 0 atom stereocenters. The minimum atomic E-state index is 0.980. The Kier molecular flexibility index (Phi) is 3.02. The number of likely N-dealkylation sites (N-methyl/N-ethyl adjacent to an activating group) is 1. The summed E-state index contributed by atoms with van der Waals surface area (Å²) in [4.78, 5) is 4.62. The van der Waals surface area contributed by atoms with E-state index >= 15 is 0 Å². The molecule has 0 saturated carbocycles. The Balaban J connectivity index is 2.47. The van der Waals surface area contributed by atoms with Crippen molar-refractivity contribution in [2.24, 2.45) is 0 Å². The quantitative estimate of drug-likeness (QED) is 0.821. The molecule has 15 heavy (non-hydrogen) atoms. The van der Waals surface area contributed by atoms with Crippen LogP contribution in [0.25, 0.3) is 11.0 Å². The Morgan fingerprint density at radius 1 is 1.33 bits per heavy atom. The maximum absolute atomic E-state index is 4.62. The minimum Gasteiger partial charge on any atom is -0.327 e. The molecule has 1 aromatic heterocycles. The predicted octanol–water partition coefficient (Wildman–Crippen LogP) is 1.82. The third kappa shape index (κ3) is 1.88. The number of benzene rings is 1. The van der Waals surface area contributed by atoms with Crippen molar-refractivity contribution in [3.8, 4) is 0 Å². The largest absolute Gasteiger partial charge is 0.327 e. The van der Waals surface area contributed by atoms with Crippen LogP contribution in [0.5, 0.6) is 0 Å². The van der Waals surface area contributed by atoms with E-state index in [1.54, 1.807) is 0 Å². The van der Waals surface area contributed by atoms with Gasteiger partial charge in [-0.3, -0.25) is 0 Å². The van der Waals surface area contributed by atoms with Crippen LogP contribution in [0.4, 0.5) is 0 Å². The normalized spacial score (nSPS) is 11.1. The van der Waals surface area contributed by atoms with Crippen LogP contribution < -0.4 is 5.32 Å². The van der Waals surface area contributed by atoms with Crippen molar-refractivity contribution in [1.82, 2.24) is 14.9 Å². The Morgan fingerprint density at radius 2 is 2.13 bits per heavy atom. The fourth-order valence-corrected chi connectivity index (χ4v) is 1.87. The summed E-state index contributed by atoms with van der Waals surface area (Å²) in [5, 5.41) is 3.17. The van der Waals surface area contributed by atoms with Gasteiger partial charge in [-0.1, -0.05) is 19.1 Å². The van der Waals surface area contributed by atoms with Crippen molar-refractivity contribution in [3.05, 3.63) is 30.1 Å². The van der Waals surface area contributed by atoms with Crippen LogP contribution in [-0.4, -0.2) is 23.1 Å². The van der Waals surface area contributed by atoms with Gasteiger partial charge in [0.1, 0.15) is 5.82 Å². The molecule has 0 bridgehead atoms. The second-order valence-electron chi connectivity index (χ2n) is 3.63. The SMILES string of the molecule is CCc1nc2ccccc2n1CCNC. The van der Waals surface area contributed by atoms with Crippen molar-refractivity contribution in [2.45, 2.75) is 19.9 Å². The molecule has 0 spiro atoms. The third-order valence-corrected chi connectivity index (χ3v) is 2.64. The van der Waals surface area contributed by atoms with Gasteiger partial charge in [0.2, 0.25) is 0 Å². The first-order valence-corrected chi connectivity index (χ1v) is 5.45. The van der Waals surface area contributed by atoms with Gasteiger partial charge >= 0.3 is 0 Å². The molecule has 0 radical (unpaired) electrons. The molecule has 0 aliphatic heterocycles. The molecular weight excluding hydrogens is 186 g/mol. The molecule has 0 aliphatic carbocycles. The van der Waals surface area contributed by atoms with Gasteiger partial charge in [0.05, 0.1) is 11.0 Å². The number of nitrogens with one attached hydrogen (secondary N) is 1. The van der Waals surface area contributed by atoms with Crippen LogP contribution >= 0.6 is 0 Å². The van der Waals surface area contributed by atoms with Crippen molar-refractivity contribution in [3.63, 3.8) is 0 Å². The van der Waals surface area contributed by atoms with Gasteiger partial charge in [-0.15, -0.1) is 0 Å². The zero-order valence-corrected chi connectivity index (χ0v) is 9.33. The predicted molar refractivity (Wildman–Crippen MR) is 63.0 cm³/mol. The van der Waals surface area contributed by atoms with Gasteiger partial charge in [-0.05, 0) is 19.2 Å². The number of fused-ring (bicyclic) bond motifs is 1. The highest BCUT2D eigenvalue weighted by Crippen LogP contribution is 2.15. The summed E-state index contributed by atoms with van der Waals surface area (Å²) >= 11 is 0. The Hall–Kier alpha value is -1.35. The van der Waals surface area contributed by atoms with Crippen LogP contribution in [0.15, 0.2) is 24.3 Å². The molecule has 0 unspecified atom stereocenters. The number of aromatic nitrogens is 2. The molecule has 2 aromatic rings. The zero-order chi connectivity index (χ0) is 10.7. The Bertz CT molecular complexity index is 445. The number of nitrogens with zero attached hydrogens (tertiary/aromatic N) is 2. The highest BCUT2D eigenvalue weighted by molar-refractivity contribution is 5.75. The summed E-state index contributed by atoms with van der Waals surface area (Å²) < 4.78 is 2.30. The average molecular weight is 203 g/mol. The van der Waals surface area contributed by atoms with Crippen LogP contribution in [0.3, 0.4) is 0 Å². The first-order valence-electron chi connectivity index (χ1n) is 5.45. The highest BCUT2D eigenvalue weighted by Gasteiger charge is 2.07. The van der Waals surface area contributed by atoms with Crippen LogP contribution in [0.2, 0.25) is 0 Å². The van der Waals surface area contributed by atoms with Crippen LogP contribution in [0.1, 0.15) is 12.7 Å². The van der Waals surface area contributed by atoms with Crippen LogP contribution in [0, 0.1) is 0 Å². The van der Waals surface area contributed by atoms with E-state index in [0.29, 0.717) is 0 Å². The third-order valence-electron chi connectivity index (χ3n) is 2.64. The lowest BCUT2D eigenvalue weighted by Gasteiger charge is -2.06. The van der Waals surface area contributed by atoms with Gasteiger partial charge in [-0.25, -0.2) is 4.98 Å². The summed E-state index contributed by atoms with van der Waals surface area (Å²) in [6.07, 6.45) is 0.985. The number of hydrogen-bond acceptors (Lipinski definition) is 2. The van der Waals surface area contributed by atoms with Crippen molar-refractivity contribution >= 4 is 11.0 Å². The number of para-hydroxylation sites is 2. The van der Waals surface area contributed by atoms with E-state index in [1.165, 1.54) is 11.3 Å². The van der Waals surface area contributed by atoms with Gasteiger partial charge in [-0.2, -0.15) is 0 Å². The Labute approximate surface area is 90.1 Å². The van der Waals surface area contributed by atoms with Crippen LogP contribution in [-0.2, 0) is 13.0 Å². The molecule has 3 heteroatoms. The highest BCUT2D eigenvalue weighted by atomic mass is 15.1. The average Bonchev–Trinajstić information content (AvgIpc) is 2.64. The topological polar surface area (TPSA) is 29.9 Å². The van der Waals surface area contributed by atoms with Gasteiger partial charge in [0.25, 0.3) is 0 Å². The van der Waals surface area contributed by atoms with Gasteiger partial charge < -0.3 is 9.88 Å². The molecule has 1 heterocycles. The van der Waals surface area contributed by atoms with E-state index in [9.17, 15) is 0 Å². The molecule has 0 saturated heterocycles. The maximum Gasteiger partial charge on any atom is 0.109 e. The van der Waals surface area contributed by atoms with E-state index in [4.69, 9.17) is 0 Å². The fraction of sp³-hybridized carbons (Fsp3) is 0.417. The monoisotopic (exact) mass is 203 g/mol. The molecule has 0 amide bonds. The summed E-state index contributed by atoms with van der Waals surface area (Å²) in [5.41, 5.74) is 2.34. The fourth-order valence-electron chi connectivity index (χ4n) is 1.87. The number of hydrogen-bond donors (Lipinski definition) is 1. The molecule has 80 valence electrons. The second kappa shape index (κ2) is 4.45. The number of imidazole rings is 1. The van der Waals surface area contributed by atoms with E-state index in [2.05, 4.69) is 40.0 Å². The lowest BCUT2D eigenvalue weighted by atomic mass is 10.3. The molecule has 0 fully saturated rings. The lowest BCUT2D eigenvalue weighted by molar-refractivity contribution is 0.632. The second-order valence-corrected chi connectivity index (χ2v) is 3.63. The van der Waals surface area contributed by atoms with E-state index in [-0.39, 0.29) is 0 Å². The summed E-state index contributed by atoms with van der Waals surface area (Å²) in [6.45, 7) is 4.12. The molecular formula is C12H17N3. The molecule has 2 rings (SSSR count). The summed E-state index contributed by atoms with van der Waals surface area (Å²) in [7, 11) is 1.98. The van der Waals surface area contributed by atoms with Crippen molar-refractivity contribution in [2.75, 3.05) is 13.6 Å². The first kappa shape index (κ1) is 10.2. The molecule has 0 aliphatic rings. The van der Waals surface area contributed by atoms with Gasteiger partial charge in [0.15, 0.2) is 0 Å². The molecule has 3 nitrogen and oxygen atoms in total. The Morgan fingerprint density at radius 3 is 2.87 bits per heavy atom.